The molecule has 150 valence electrons. The lowest BCUT2D eigenvalue weighted by Gasteiger charge is -2.26. The highest BCUT2D eigenvalue weighted by molar-refractivity contribution is 6.24. The fourth-order valence-electron chi connectivity index (χ4n) is 3.27. The Hall–Kier alpha value is -1.84. The third-order valence-electron chi connectivity index (χ3n) is 5.51. The van der Waals surface area contributed by atoms with E-state index in [-0.39, 0.29) is 17.0 Å². The van der Waals surface area contributed by atoms with Crippen molar-refractivity contribution in [2.45, 2.75) is 80.1 Å². The predicted octanol–water partition coefficient (Wildman–Crippen LogP) is 6.88. The lowest BCUT2D eigenvalue weighted by Crippen LogP contribution is -2.22. The van der Waals surface area contributed by atoms with Crippen LogP contribution in [0.4, 0.5) is 8.78 Å². The molecule has 27 heavy (non-hydrogen) atoms. The smallest absolute Gasteiger partial charge is 0.266 e. The van der Waals surface area contributed by atoms with E-state index >= 15 is 0 Å². The summed E-state index contributed by atoms with van der Waals surface area (Å²) in [7, 11) is 0. The van der Waals surface area contributed by atoms with E-state index < -0.39 is 6.08 Å². The number of carbonyl (C=O) groups excluding carboxylic acids is 2. The average molecular weight is 379 g/mol. The van der Waals surface area contributed by atoms with Gasteiger partial charge in [-0.1, -0.05) is 25.5 Å². The summed E-state index contributed by atoms with van der Waals surface area (Å²) in [4.78, 5) is 24.8. The highest BCUT2D eigenvalue weighted by Crippen LogP contribution is 2.34. The van der Waals surface area contributed by atoms with Crippen LogP contribution in [0.25, 0.3) is 0 Å². The summed E-state index contributed by atoms with van der Waals surface area (Å²) in [5.41, 5.74) is 3.51. The largest absolute Gasteiger partial charge is 0.289 e. The van der Waals surface area contributed by atoms with Crippen molar-refractivity contribution in [2.24, 2.45) is 5.41 Å². The maximum Gasteiger partial charge on any atom is 0.266 e. The van der Waals surface area contributed by atoms with Crippen molar-refractivity contribution < 1.29 is 18.4 Å². The number of rotatable bonds is 9. The molecule has 1 aliphatic rings. The molecule has 0 N–H and O–H groups in total. The summed E-state index contributed by atoms with van der Waals surface area (Å²) in [6, 6.07) is 0. The summed E-state index contributed by atoms with van der Waals surface area (Å²) >= 11 is 0. The zero-order valence-corrected chi connectivity index (χ0v) is 17.5. The summed E-state index contributed by atoms with van der Waals surface area (Å²) in [6.45, 7) is 11.5. The Morgan fingerprint density at radius 3 is 2.07 bits per heavy atom. The Bertz CT molecular complexity index is 715. The Morgan fingerprint density at radius 1 is 0.889 bits per heavy atom. The fraction of sp³-hybridized carbons (Fsp3) is 0.565. The van der Waals surface area contributed by atoms with Crippen molar-refractivity contribution in [1.82, 2.24) is 0 Å². The summed E-state index contributed by atoms with van der Waals surface area (Å²) in [5.74, 6) is -0.0125. The molecule has 0 amide bonds. The minimum Gasteiger partial charge on any atom is -0.289 e. The molecule has 1 rings (SSSR count). The SMILES string of the molecule is CC1=C(C)C(=O)C(CCC(C)(C)CC/C=C(\C)CCC=C(F)F)=C(C)C1=O. The van der Waals surface area contributed by atoms with Gasteiger partial charge in [0.2, 0.25) is 0 Å². The average Bonchev–Trinajstić information content (AvgIpc) is 2.57. The van der Waals surface area contributed by atoms with Gasteiger partial charge in [0.15, 0.2) is 11.6 Å². The number of carbonyl (C=O) groups is 2. The number of Topliss-reactive ketones (excluding diaryl/α,β-unsaturated/α-hetero) is 2. The molecule has 0 aromatic carbocycles. The van der Waals surface area contributed by atoms with Crippen molar-refractivity contribution >= 4 is 11.6 Å². The normalized spacial score (nSPS) is 16.4. The molecule has 4 heteroatoms. The van der Waals surface area contributed by atoms with Crippen molar-refractivity contribution in [3.05, 3.63) is 46.1 Å². The van der Waals surface area contributed by atoms with Crippen LogP contribution >= 0.6 is 0 Å². The molecule has 1 aliphatic carbocycles. The number of allylic oxidation sites excluding steroid dienone is 7. The summed E-state index contributed by atoms with van der Waals surface area (Å²) in [6.07, 6.45) is 5.72. The van der Waals surface area contributed by atoms with Crippen LogP contribution in [0.15, 0.2) is 46.1 Å². The van der Waals surface area contributed by atoms with E-state index in [9.17, 15) is 18.4 Å². The predicted molar refractivity (Wildman–Crippen MR) is 107 cm³/mol. The molecule has 0 unspecified atom stereocenters. The molecular weight excluding hydrogens is 346 g/mol. The van der Waals surface area contributed by atoms with Crippen LogP contribution in [0.3, 0.4) is 0 Å². The van der Waals surface area contributed by atoms with Crippen LogP contribution in [-0.4, -0.2) is 11.6 Å². The van der Waals surface area contributed by atoms with Gasteiger partial charge in [-0.25, -0.2) is 0 Å². The molecule has 0 fully saturated rings. The van der Waals surface area contributed by atoms with Gasteiger partial charge >= 0.3 is 0 Å². The molecule has 0 bridgehead atoms. The van der Waals surface area contributed by atoms with Crippen LogP contribution in [0.1, 0.15) is 80.1 Å². The van der Waals surface area contributed by atoms with Gasteiger partial charge in [-0.05, 0) is 77.7 Å². The van der Waals surface area contributed by atoms with Gasteiger partial charge in [-0.3, -0.25) is 9.59 Å². The lowest BCUT2D eigenvalue weighted by molar-refractivity contribution is -0.116. The Morgan fingerprint density at radius 2 is 1.48 bits per heavy atom. The number of hydrogen-bond donors (Lipinski definition) is 0. The first kappa shape index (κ1) is 23.2. The van der Waals surface area contributed by atoms with E-state index in [0.29, 0.717) is 41.6 Å². The summed E-state index contributed by atoms with van der Waals surface area (Å²) < 4.78 is 24.1. The quantitative estimate of drug-likeness (QED) is 0.323. The number of halogens is 2. The molecule has 0 aromatic rings. The van der Waals surface area contributed by atoms with Crippen LogP contribution in [0.5, 0.6) is 0 Å². The van der Waals surface area contributed by atoms with Gasteiger partial charge in [0, 0.05) is 22.3 Å². The second-order valence-corrected chi connectivity index (χ2v) is 8.30. The fourth-order valence-corrected chi connectivity index (χ4v) is 3.27. The first-order valence-electron chi connectivity index (χ1n) is 9.59. The van der Waals surface area contributed by atoms with E-state index in [1.165, 1.54) is 0 Å². The standard InChI is InChI=1S/C23H32F2O2/c1-15(9-7-11-20(24)25)10-8-13-23(5,6)14-12-19-18(4)21(26)16(2)17(3)22(19)27/h10-11H,7-9,12-14H2,1-6H3/b15-10+. The van der Waals surface area contributed by atoms with Crippen molar-refractivity contribution in [3.63, 3.8) is 0 Å². The van der Waals surface area contributed by atoms with Crippen molar-refractivity contribution in [1.29, 1.82) is 0 Å². The molecule has 0 aromatic heterocycles. The van der Waals surface area contributed by atoms with E-state index in [1.54, 1.807) is 20.8 Å². The van der Waals surface area contributed by atoms with Gasteiger partial charge < -0.3 is 0 Å². The zero-order chi connectivity index (χ0) is 20.8. The van der Waals surface area contributed by atoms with E-state index in [0.717, 1.165) is 30.9 Å². The number of ketones is 2. The maximum absolute atomic E-state index is 12.5. The number of hydrogen-bond acceptors (Lipinski definition) is 2. The van der Waals surface area contributed by atoms with E-state index in [2.05, 4.69) is 19.9 Å². The molecule has 0 radical (unpaired) electrons. The van der Waals surface area contributed by atoms with Crippen molar-refractivity contribution in [2.75, 3.05) is 0 Å². The highest BCUT2D eigenvalue weighted by atomic mass is 19.3. The van der Waals surface area contributed by atoms with Gasteiger partial charge in [0.05, 0.1) is 0 Å². The summed E-state index contributed by atoms with van der Waals surface area (Å²) in [5, 5.41) is 0. The van der Waals surface area contributed by atoms with Crippen LogP contribution in [0, 0.1) is 5.41 Å². The monoisotopic (exact) mass is 378 g/mol. The molecule has 0 heterocycles. The van der Waals surface area contributed by atoms with E-state index in [4.69, 9.17) is 0 Å². The molecule has 0 spiro atoms. The Kier molecular flexibility index (Phi) is 8.52. The zero-order valence-electron chi connectivity index (χ0n) is 17.5. The maximum atomic E-state index is 12.5. The molecular formula is C23H32F2O2. The van der Waals surface area contributed by atoms with Gasteiger partial charge in [0.25, 0.3) is 6.08 Å². The third-order valence-corrected chi connectivity index (χ3v) is 5.51. The molecule has 0 atom stereocenters. The molecule has 0 saturated carbocycles. The van der Waals surface area contributed by atoms with Gasteiger partial charge in [-0.15, -0.1) is 0 Å². The Labute approximate surface area is 162 Å². The molecule has 2 nitrogen and oxygen atoms in total. The van der Waals surface area contributed by atoms with Crippen LogP contribution < -0.4 is 0 Å². The minimum absolute atomic E-state index is 0.00397. The first-order chi connectivity index (χ1) is 12.5. The lowest BCUT2D eigenvalue weighted by atomic mass is 9.78. The molecule has 0 aliphatic heterocycles. The minimum atomic E-state index is -1.62. The van der Waals surface area contributed by atoms with Crippen LogP contribution in [-0.2, 0) is 9.59 Å². The second-order valence-electron chi connectivity index (χ2n) is 8.30. The Balaban J connectivity index is 2.60. The highest BCUT2D eigenvalue weighted by Gasteiger charge is 2.29. The van der Waals surface area contributed by atoms with E-state index in [1.807, 2.05) is 6.92 Å². The van der Waals surface area contributed by atoms with Gasteiger partial charge in [-0.2, -0.15) is 8.78 Å². The van der Waals surface area contributed by atoms with Crippen molar-refractivity contribution in [3.8, 4) is 0 Å². The third kappa shape index (κ3) is 7.00. The molecule has 0 saturated heterocycles. The van der Waals surface area contributed by atoms with Crippen LogP contribution in [0.2, 0.25) is 0 Å². The first-order valence-corrected chi connectivity index (χ1v) is 9.59. The topological polar surface area (TPSA) is 34.1 Å². The van der Waals surface area contributed by atoms with Gasteiger partial charge in [0.1, 0.15) is 0 Å². The second kappa shape index (κ2) is 9.91.